The Morgan fingerprint density at radius 3 is 2.59 bits per heavy atom. The first kappa shape index (κ1) is 19.1. The van der Waals surface area contributed by atoms with Gasteiger partial charge in [-0.2, -0.15) is 0 Å². The summed E-state index contributed by atoms with van der Waals surface area (Å²) in [5.41, 5.74) is 4.71. The molecule has 0 bridgehead atoms. The molecule has 0 fully saturated rings. The molecule has 0 radical (unpaired) electrons. The fraction of sp³-hybridized carbons (Fsp3) is 0.318. The number of aromatic nitrogens is 1. The van der Waals surface area contributed by atoms with Gasteiger partial charge < -0.3 is 20.1 Å². The predicted octanol–water partition coefficient (Wildman–Crippen LogP) is 2.98. The van der Waals surface area contributed by atoms with Crippen molar-refractivity contribution in [2.45, 2.75) is 33.4 Å². The second kappa shape index (κ2) is 8.37. The van der Waals surface area contributed by atoms with E-state index in [9.17, 15) is 9.90 Å². The van der Waals surface area contributed by atoms with E-state index >= 15 is 0 Å². The smallest absolute Gasteiger partial charge is 0.252 e. The highest BCUT2D eigenvalue weighted by Gasteiger charge is 2.08. The lowest BCUT2D eigenvalue weighted by Crippen LogP contribution is -2.32. The SMILES string of the molecule is Cc1ccc(OC[C@@H](O)CNCc2cc3ccc(C)cc3[nH]c2=O)c(C)c1. The summed E-state index contributed by atoms with van der Waals surface area (Å²) in [4.78, 5) is 15.1. The molecule has 142 valence electrons. The first-order valence-corrected chi connectivity index (χ1v) is 9.14. The van der Waals surface area contributed by atoms with Crippen LogP contribution in [-0.2, 0) is 6.54 Å². The third-order valence-electron chi connectivity index (χ3n) is 4.54. The van der Waals surface area contributed by atoms with Crippen LogP contribution < -0.4 is 15.6 Å². The summed E-state index contributed by atoms with van der Waals surface area (Å²) in [6.45, 7) is 6.95. The summed E-state index contributed by atoms with van der Waals surface area (Å²) in [7, 11) is 0. The van der Waals surface area contributed by atoms with Crippen molar-refractivity contribution < 1.29 is 9.84 Å². The highest BCUT2D eigenvalue weighted by Crippen LogP contribution is 2.18. The molecule has 5 nitrogen and oxygen atoms in total. The lowest BCUT2D eigenvalue weighted by Gasteiger charge is -2.15. The maximum Gasteiger partial charge on any atom is 0.252 e. The summed E-state index contributed by atoms with van der Waals surface area (Å²) in [6.07, 6.45) is -0.659. The Hall–Kier alpha value is -2.63. The molecule has 27 heavy (non-hydrogen) atoms. The molecule has 3 N–H and O–H groups in total. The second-order valence-electron chi connectivity index (χ2n) is 7.08. The maximum atomic E-state index is 12.2. The van der Waals surface area contributed by atoms with Crippen LogP contribution in [0.2, 0.25) is 0 Å². The lowest BCUT2D eigenvalue weighted by molar-refractivity contribution is 0.106. The monoisotopic (exact) mass is 366 g/mol. The highest BCUT2D eigenvalue weighted by atomic mass is 16.5. The Morgan fingerprint density at radius 2 is 1.81 bits per heavy atom. The molecule has 0 unspecified atom stereocenters. The van der Waals surface area contributed by atoms with E-state index in [1.54, 1.807) is 0 Å². The van der Waals surface area contributed by atoms with Crippen LogP contribution in [0.4, 0.5) is 0 Å². The number of rotatable bonds is 7. The first-order chi connectivity index (χ1) is 12.9. The molecule has 0 amide bonds. The van der Waals surface area contributed by atoms with Gasteiger partial charge in [0.25, 0.3) is 5.56 Å². The second-order valence-corrected chi connectivity index (χ2v) is 7.08. The molecule has 0 saturated carbocycles. The van der Waals surface area contributed by atoms with Crippen LogP contribution >= 0.6 is 0 Å². The van der Waals surface area contributed by atoms with E-state index in [-0.39, 0.29) is 12.2 Å². The van der Waals surface area contributed by atoms with Gasteiger partial charge in [-0.25, -0.2) is 0 Å². The molecule has 5 heteroatoms. The van der Waals surface area contributed by atoms with Crippen LogP contribution in [0.5, 0.6) is 5.75 Å². The van der Waals surface area contributed by atoms with Gasteiger partial charge in [-0.05, 0) is 55.5 Å². The number of H-pyrrole nitrogens is 1. The number of ether oxygens (including phenoxy) is 1. The Bertz CT molecular complexity index is 995. The number of aryl methyl sites for hydroxylation is 3. The van der Waals surface area contributed by atoms with E-state index in [0.29, 0.717) is 18.7 Å². The zero-order valence-corrected chi connectivity index (χ0v) is 16.0. The predicted molar refractivity (Wildman–Crippen MR) is 108 cm³/mol. The summed E-state index contributed by atoms with van der Waals surface area (Å²) in [6, 6.07) is 13.8. The van der Waals surface area contributed by atoms with Gasteiger partial charge in [-0.1, -0.05) is 29.8 Å². The van der Waals surface area contributed by atoms with Gasteiger partial charge in [-0.3, -0.25) is 4.79 Å². The number of nitrogens with one attached hydrogen (secondary N) is 2. The van der Waals surface area contributed by atoms with Gasteiger partial charge in [0.05, 0.1) is 0 Å². The maximum absolute atomic E-state index is 12.2. The average molecular weight is 366 g/mol. The molecular weight excluding hydrogens is 340 g/mol. The van der Waals surface area contributed by atoms with E-state index in [1.807, 2.05) is 63.2 Å². The zero-order chi connectivity index (χ0) is 19.4. The quantitative estimate of drug-likeness (QED) is 0.601. The molecule has 1 aromatic heterocycles. The van der Waals surface area contributed by atoms with Gasteiger partial charge in [0, 0.05) is 24.2 Å². The number of fused-ring (bicyclic) bond motifs is 1. The van der Waals surface area contributed by atoms with Crippen molar-refractivity contribution in [2.24, 2.45) is 0 Å². The van der Waals surface area contributed by atoms with E-state index < -0.39 is 6.10 Å². The number of hydrogen-bond acceptors (Lipinski definition) is 4. The number of pyridine rings is 1. The fourth-order valence-corrected chi connectivity index (χ4v) is 3.07. The number of benzene rings is 2. The minimum atomic E-state index is -0.659. The molecule has 3 rings (SSSR count). The number of aliphatic hydroxyl groups is 1. The molecule has 3 aromatic rings. The molecule has 0 spiro atoms. The molecule has 0 saturated heterocycles. The Kier molecular flexibility index (Phi) is 5.94. The van der Waals surface area contributed by atoms with Crippen LogP contribution in [0, 0.1) is 20.8 Å². The van der Waals surface area contributed by atoms with Crippen LogP contribution in [0.3, 0.4) is 0 Å². The first-order valence-electron chi connectivity index (χ1n) is 9.14. The summed E-state index contributed by atoms with van der Waals surface area (Å²) < 4.78 is 5.69. The van der Waals surface area contributed by atoms with Gasteiger partial charge in [0.2, 0.25) is 0 Å². The van der Waals surface area contributed by atoms with Gasteiger partial charge >= 0.3 is 0 Å². The zero-order valence-electron chi connectivity index (χ0n) is 16.0. The Balaban J connectivity index is 1.53. The number of hydrogen-bond donors (Lipinski definition) is 3. The minimum absolute atomic E-state index is 0.110. The standard InChI is InChI=1S/C22H26N2O3/c1-14-5-7-21(16(3)8-14)27-13-19(25)12-23-11-18-10-17-6-4-15(2)9-20(17)24-22(18)26/h4-10,19,23,25H,11-13H2,1-3H3,(H,24,26)/t19-/m0/s1. The fourth-order valence-electron chi connectivity index (χ4n) is 3.07. The Morgan fingerprint density at radius 1 is 1.07 bits per heavy atom. The summed E-state index contributed by atoms with van der Waals surface area (Å²) in [5, 5.41) is 14.3. The third-order valence-corrected chi connectivity index (χ3v) is 4.54. The van der Waals surface area contributed by atoms with Crippen molar-refractivity contribution in [1.29, 1.82) is 0 Å². The van der Waals surface area contributed by atoms with Crippen molar-refractivity contribution in [3.63, 3.8) is 0 Å². The van der Waals surface area contributed by atoms with Crippen LogP contribution in [0.1, 0.15) is 22.3 Å². The third kappa shape index (κ3) is 4.96. The van der Waals surface area contributed by atoms with E-state index in [2.05, 4.69) is 10.3 Å². The van der Waals surface area contributed by atoms with Gasteiger partial charge in [-0.15, -0.1) is 0 Å². The van der Waals surface area contributed by atoms with E-state index in [1.165, 1.54) is 5.56 Å². The molecular formula is C22H26N2O3. The van der Waals surface area contributed by atoms with Crippen molar-refractivity contribution in [2.75, 3.05) is 13.2 Å². The lowest BCUT2D eigenvalue weighted by atomic mass is 10.1. The van der Waals surface area contributed by atoms with Gasteiger partial charge in [0.1, 0.15) is 18.5 Å². The molecule has 0 aliphatic heterocycles. The van der Waals surface area contributed by atoms with Crippen molar-refractivity contribution in [1.82, 2.24) is 10.3 Å². The molecule has 2 aromatic carbocycles. The summed E-state index contributed by atoms with van der Waals surface area (Å²) >= 11 is 0. The highest BCUT2D eigenvalue weighted by molar-refractivity contribution is 5.79. The van der Waals surface area contributed by atoms with Crippen LogP contribution in [0.15, 0.2) is 47.3 Å². The molecule has 1 atom stereocenters. The summed E-state index contributed by atoms with van der Waals surface area (Å²) in [5.74, 6) is 0.779. The molecule has 0 aliphatic rings. The van der Waals surface area contributed by atoms with Crippen molar-refractivity contribution >= 4 is 10.9 Å². The number of aliphatic hydroxyl groups excluding tert-OH is 1. The molecule has 0 aliphatic carbocycles. The largest absolute Gasteiger partial charge is 0.491 e. The topological polar surface area (TPSA) is 74.3 Å². The average Bonchev–Trinajstić information content (AvgIpc) is 2.61. The van der Waals surface area contributed by atoms with E-state index in [4.69, 9.17) is 4.74 Å². The minimum Gasteiger partial charge on any atom is -0.491 e. The van der Waals surface area contributed by atoms with E-state index in [0.717, 1.165) is 27.8 Å². The molecule has 1 heterocycles. The Labute approximate surface area is 159 Å². The van der Waals surface area contributed by atoms with Crippen LogP contribution in [0.25, 0.3) is 10.9 Å². The van der Waals surface area contributed by atoms with Crippen molar-refractivity contribution in [3.05, 3.63) is 75.1 Å². The normalized spacial score (nSPS) is 12.3. The number of aromatic amines is 1. The van der Waals surface area contributed by atoms with Crippen LogP contribution in [-0.4, -0.2) is 29.3 Å². The van der Waals surface area contributed by atoms with Crippen molar-refractivity contribution in [3.8, 4) is 5.75 Å². The van der Waals surface area contributed by atoms with Gasteiger partial charge in [0.15, 0.2) is 0 Å².